The molecule has 0 saturated carbocycles. The largest absolute Gasteiger partial charge is 0.461 e. The quantitative estimate of drug-likeness (QED) is 0.443. The third-order valence-electron chi connectivity index (χ3n) is 1.03. The zero-order chi connectivity index (χ0) is 8.85. The fraction of sp³-hybridized carbons (Fsp3) is 0.857. The van der Waals surface area contributed by atoms with Crippen molar-refractivity contribution in [2.75, 3.05) is 6.54 Å². The minimum atomic E-state index is -0.692. The smallest absolute Gasteiger partial charge is 0.338 e. The van der Waals surface area contributed by atoms with Gasteiger partial charge in [-0.1, -0.05) is 6.92 Å². The first-order valence-corrected chi connectivity index (χ1v) is 3.77. The number of rotatable bonds is 4. The summed E-state index contributed by atoms with van der Waals surface area (Å²) in [7, 11) is 0. The van der Waals surface area contributed by atoms with E-state index in [0.29, 0.717) is 6.54 Å². The third kappa shape index (κ3) is 4.75. The molecule has 0 spiro atoms. The maximum absolute atomic E-state index is 10.9. The number of nitrogens with two attached hydrogens (primary N) is 1. The zero-order valence-corrected chi connectivity index (χ0v) is 7.26. The second kappa shape index (κ2) is 5.09. The van der Waals surface area contributed by atoms with Crippen LogP contribution in [0.25, 0.3) is 0 Å². The van der Waals surface area contributed by atoms with Gasteiger partial charge in [0.2, 0.25) is 0 Å². The predicted octanol–water partition coefficient (Wildman–Crippen LogP) is -0.168. The van der Waals surface area contributed by atoms with Crippen LogP contribution in [0.3, 0.4) is 0 Å². The number of esters is 1. The molecule has 1 atom stereocenters. The highest BCUT2D eigenvalue weighted by molar-refractivity contribution is 5.75. The molecule has 4 heteroatoms. The highest BCUT2D eigenvalue weighted by atomic mass is 16.5. The number of likely N-dealkylation sites (N-methyl/N-ethyl adjacent to an activating group) is 1. The predicted molar refractivity (Wildman–Crippen MR) is 42.9 cm³/mol. The van der Waals surface area contributed by atoms with Crippen LogP contribution in [-0.4, -0.2) is 24.8 Å². The monoisotopic (exact) mass is 160 g/mol. The van der Waals surface area contributed by atoms with E-state index in [1.165, 1.54) is 0 Å². The van der Waals surface area contributed by atoms with Crippen LogP contribution in [-0.2, 0) is 9.53 Å². The zero-order valence-electron chi connectivity index (χ0n) is 7.26. The number of ether oxygens (including phenoxy) is 1. The lowest BCUT2D eigenvalue weighted by molar-refractivity contribution is -0.149. The van der Waals surface area contributed by atoms with E-state index in [1.54, 1.807) is 13.8 Å². The van der Waals surface area contributed by atoms with E-state index < -0.39 is 12.1 Å². The van der Waals surface area contributed by atoms with E-state index in [1.807, 2.05) is 6.92 Å². The van der Waals surface area contributed by atoms with Crippen molar-refractivity contribution in [3.05, 3.63) is 0 Å². The molecule has 0 bridgehead atoms. The van der Waals surface area contributed by atoms with E-state index >= 15 is 0 Å². The number of carbonyl (C=O) groups excluding carboxylic acids is 1. The average molecular weight is 160 g/mol. The second-order valence-corrected chi connectivity index (χ2v) is 2.52. The van der Waals surface area contributed by atoms with Gasteiger partial charge in [-0.25, -0.2) is 4.79 Å². The Labute approximate surface area is 67.1 Å². The standard InChI is InChI=1S/C7H16N2O2/c1-4-9-6(8)7(10)11-5(2)3/h5-6,9H,4,8H2,1-3H3/t6-/m1/s1. The highest BCUT2D eigenvalue weighted by Gasteiger charge is 2.13. The molecule has 0 heterocycles. The van der Waals surface area contributed by atoms with Gasteiger partial charge in [0, 0.05) is 0 Å². The fourth-order valence-electron chi connectivity index (χ4n) is 0.609. The molecule has 0 aromatic carbocycles. The van der Waals surface area contributed by atoms with Crippen molar-refractivity contribution >= 4 is 5.97 Å². The summed E-state index contributed by atoms with van der Waals surface area (Å²) < 4.78 is 4.84. The van der Waals surface area contributed by atoms with Crippen LogP contribution in [0.15, 0.2) is 0 Å². The number of hydrogen-bond donors (Lipinski definition) is 2. The van der Waals surface area contributed by atoms with Crippen molar-refractivity contribution in [1.82, 2.24) is 5.32 Å². The molecule has 0 radical (unpaired) electrons. The Bertz CT molecular complexity index is 126. The van der Waals surface area contributed by atoms with Crippen LogP contribution >= 0.6 is 0 Å². The number of nitrogens with one attached hydrogen (secondary N) is 1. The summed E-state index contributed by atoms with van der Waals surface area (Å²) in [4.78, 5) is 10.9. The summed E-state index contributed by atoms with van der Waals surface area (Å²) >= 11 is 0. The van der Waals surface area contributed by atoms with E-state index in [0.717, 1.165) is 0 Å². The topological polar surface area (TPSA) is 64.3 Å². The van der Waals surface area contributed by atoms with Crippen LogP contribution < -0.4 is 11.1 Å². The van der Waals surface area contributed by atoms with Crippen LogP contribution in [0.2, 0.25) is 0 Å². The Kier molecular flexibility index (Phi) is 4.81. The lowest BCUT2D eigenvalue weighted by atomic mass is 10.4. The molecule has 0 aromatic heterocycles. The molecule has 11 heavy (non-hydrogen) atoms. The van der Waals surface area contributed by atoms with Gasteiger partial charge in [-0.2, -0.15) is 0 Å². The van der Waals surface area contributed by atoms with Crippen LogP contribution in [0.5, 0.6) is 0 Å². The molecule has 0 aliphatic carbocycles. The Hall–Kier alpha value is -0.610. The van der Waals surface area contributed by atoms with Gasteiger partial charge < -0.3 is 10.5 Å². The maximum Gasteiger partial charge on any atom is 0.338 e. The molecule has 0 unspecified atom stereocenters. The van der Waals surface area contributed by atoms with E-state index in [-0.39, 0.29) is 6.10 Å². The minimum absolute atomic E-state index is 0.104. The van der Waals surface area contributed by atoms with Gasteiger partial charge in [0.05, 0.1) is 6.10 Å². The van der Waals surface area contributed by atoms with Gasteiger partial charge in [-0.05, 0) is 20.4 Å². The number of carbonyl (C=O) groups is 1. The first-order valence-electron chi connectivity index (χ1n) is 3.77. The molecule has 0 aromatic rings. The third-order valence-corrected chi connectivity index (χ3v) is 1.03. The number of hydrogen-bond acceptors (Lipinski definition) is 4. The van der Waals surface area contributed by atoms with Crippen LogP contribution in [0.1, 0.15) is 20.8 Å². The Morgan fingerprint density at radius 2 is 2.18 bits per heavy atom. The molecule has 66 valence electrons. The molecule has 4 nitrogen and oxygen atoms in total. The van der Waals surface area contributed by atoms with Crippen molar-refractivity contribution < 1.29 is 9.53 Å². The van der Waals surface area contributed by atoms with Crippen molar-refractivity contribution in [2.45, 2.75) is 33.0 Å². The molecule has 0 rings (SSSR count). The first-order chi connectivity index (χ1) is 5.07. The van der Waals surface area contributed by atoms with Gasteiger partial charge in [-0.15, -0.1) is 0 Å². The van der Waals surface area contributed by atoms with Crippen molar-refractivity contribution in [3.8, 4) is 0 Å². The Morgan fingerprint density at radius 3 is 2.55 bits per heavy atom. The minimum Gasteiger partial charge on any atom is -0.461 e. The molecule has 0 saturated heterocycles. The summed E-state index contributed by atoms with van der Waals surface area (Å²) in [5, 5.41) is 2.75. The van der Waals surface area contributed by atoms with Gasteiger partial charge in [0.1, 0.15) is 0 Å². The van der Waals surface area contributed by atoms with Crippen LogP contribution in [0, 0.1) is 0 Å². The normalized spacial score (nSPS) is 13.2. The van der Waals surface area contributed by atoms with Gasteiger partial charge in [0.15, 0.2) is 6.17 Å². The first kappa shape index (κ1) is 10.4. The Morgan fingerprint density at radius 1 is 1.64 bits per heavy atom. The summed E-state index contributed by atoms with van der Waals surface area (Å²) in [5.74, 6) is -0.401. The summed E-state index contributed by atoms with van der Waals surface area (Å²) in [6.45, 7) is 6.12. The van der Waals surface area contributed by atoms with Crippen LogP contribution in [0.4, 0.5) is 0 Å². The van der Waals surface area contributed by atoms with Gasteiger partial charge >= 0.3 is 5.97 Å². The van der Waals surface area contributed by atoms with E-state index in [9.17, 15) is 4.79 Å². The molecule has 0 fully saturated rings. The molecule has 3 N–H and O–H groups in total. The molecular weight excluding hydrogens is 144 g/mol. The molecular formula is C7H16N2O2. The van der Waals surface area contributed by atoms with Gasteiger partial charge in [0.25, 0.3) is 0 Å². The maximum atomic E-state index is 10.9. The van der Waals surface area contributed by atoms with Crippen molar-refractivity contribution in [2.24, 2.45) is 5.73 Å². The second-order valence-electron chi connectivity index (χ2n) is 2.52. The van der Waals surface area contributed by atoms with Crippen molar-refractivity contribution in [3.63, 3.8) is 0 Å². The summed E-state index contributed by atoms with van der Waals surface area (Å²) in [6.07, 6.45) is -0.797. The fourth-order valence-corrected chi connectivity index (χ4v) is 0.609. The van der Waals surface area contributed by atoms with E-state index in [4.69, 9.17) is 10.5 Å². The lowest BCUT2D eigenvalue weighted by Crippen LogP contribution is -2.45. The molecule has 0 aliphatic heterocycles. The Balaban J connectivity index is 3.64. The average Bonchev–Trinajstić information content (AvgIpc) is 1.86. The van der Waals surface area contributed by atoms with Gasteiger partial charge in [-0.3, -0.25) is 5.32 Å². The summed E-state index contributed by atoms with van der Waals surface area (Å²) in [5.41, 5.74) is 5.39. The SMILES string of the molecule is CCN[C@@H](N)C(=O)OC(C)C. The molecule has 0 aliphatic rings. The highest BCUT2D eigenvalue weighted by Crippen LogP contribution is 1.89. The lowest BCUT2D eigenvalue weighted by Gasteiger charge is -2.13. The summed E-state index contributed by atoms with van der Waals surface area (Å²) in [6, 6.07) is 0. The van der Waals surface area contributed by atoms with E-state index in [2.05, 4.69) is 5.32 Å². The van der Waals surface area contributed by atoms with Crippen molar-refractivity contribution in [1.29, 1.82) is 0 Å². The molecule has 0 amide bonds.